The summed E-state index contributed by atoms with van der Waals surface area (Å²) in [5.74, 6) is 0. The predicted molar refractivity (Wildman–Crippen MR) is 83.7 cm³/mol. The molecule has 23 heavy (non-hydrogen) atoms. The van der Waals surface area contributed by atoms with Crippen molar-refractivity contribution in [1.29, 1.82) is 0 Å². The second kappa shape index (κ2) is 5.74. The van der Waals surface area contributed by atoms with Gasteiger partial charge in [0, 0.05) is 10.6 Å². The molecular formula is C17H12ClF3N2. The Morgan fingerprint density at radius 3 is 2.13 bits per heavy atom. The smallest absolute Gasteiger partial charge is 0.237 e. The summed E-state index contributed by atoms with van der Waals surface area (Å²) in [5.41, 5.74) is 0.170. The van der Waals surface area contributed by atoms with Gasteiger partial charge in [-0.25, -0.2) is 4.68 Å². The summed E-state index contributed by atoms with van der Waals surface area (Å²) in [5, 5.41) is 4.66. The third-order valence-electron chi connectivity index (χ3n) is 3.52. The quantitative estimate of drug-likeness (QED) is 0.602. The van der Waals surface area contributed by atoms with Crippen LogP contribution in [0.15, 0.2) is 54.6 Å². The van der Waals surface area contributed by atoms with Crippen LogP contribution < -0.4 is 0 Å². The summed E-state index contributed by atoms with van der Waals surface area (Å²) in [6.45, 7) is 1.42. The summed E-state index contributed by atoms with van der Waals surface area (Å²) >= 11 is 5.81. The Balaban J connectivity index is 2.25. The Morgan fingerprint density at radius 1 is 0.957 bits per heavy atom. The van der Waals surface area contributed by atoms with Gasteiger partial charge in [-0.2, -0.15) is 18.3 Å². The predicted octanol–water partition coefficient (Wildman–Crippen LogP) is 5.52. The summed E-state index contributed by atoms with van der Waals surface area (Å²) in [7, 11) is 0. The van der Waals surface area contributed by atoms with Gasteiger partial charge < -0.3 is 0 Å². The van der Waals surface area contributed by atoms with E-state index in [0.717, 1.165) is 0 Å². The van der Waals surface area contributed by atoms with Gasteiger partial charge in [0.1, 0.15) is 11.3 Å². The average molecular weight is 337 g/mol. The lowest BCUT2D eigenvalue weighted by atomic mass is 10.1. The van der Waals surface area contributed by atoms with Crippen molar-refractivity contribution in [2.24, 2.45) is 0 Å². The van der Waals surface area contributed by atoms with E-state index in [-0.39, 0.29) is 11.4 Å². The Kier molecular flexibility index (Phi) is 3.90. The standard InChI is InChI=1S/C17H12ClF3N2/c1-11-15(17(19,20)21)16(12-7-9-13(18)10-8-12)22-23(11)14-5-3-2-4-6-14/h2-10H,1H3. The van der Waals surface area contributed by atoms with Gasteiger partial charge in [0.25, 0.3) is 0 Å². The van der Waals surface area contributed by atoms with Crippen LogP contribution in [-0.2, 0) is 6.18 Å². The van der Waals surface area contributed by atoms with Gasteiger partial charge in [0.05, 0.1) is 11.4 Å². The molecule has 0 saturated carbocycles. The lowest BCUT2D eigenvalue weighted by Gasteiger charge is -2.09. The Labute approximate surface area is 136 Å². The van der Waals surface area contributed by atoms with Gasteiger partial charge in [-0.1, -0.05) is 41.9 Å². The van der Waals surface area contributed by atoms with Crippen molar-refractivity contribution in [3.63, 3.8) is 0 Å². The van der Waals surface area contributed by atoms with Crippen LogP contribution in [0.1, 0.15) is 11.3 Å². The van der Waals surface area contributed by atoms with E-state index in [1.54, 1.807) is 42.5 Å². The van der Waals surface area contributed by atoms with Crippen LogP contribution in [0, 0.1) is 6.92 Å². The number of hydrogen-bond acceptors (Lipinski definition) is 1. The van der Waals surface area contributed by atoms with E-state index in [2.05, 4.69) is 5.10 Å². The Hall–Kier alpha value is -2.27. The van der Waals surface area contributed by atoms with E-state index in [1.807, 2.05) is 0 Å². The molecule has 118 valence electrons. The van der Waals surface area contributed by atoms with Gasteiger partial charge in [-0.15, -0.1) is 0 Å². The molecule has 0 amide bonds. The molecule has 0 spiro atoms. The molecule has 3 aromatic rings. The molecule has 0 N–H and O–H groups in total. The number of benzene rings is 2. The van der Waals surface area contributed by atoms with E-state index in [0.29, 0.717) is 16.3 Å². The number of halogens is 4. The number of hydrogen-bond donors (Lipinski definition) is 0. The molecule has 2 nitrogen and oxygen atoms in total. The maximum atomic E-state index is 13.5. The van der Waals surface area contributed by atoms with E-state index in [4.69, 9.17) is 11.6 Å². The highest BCUT2D eigenvalue weighted by molar-refractivity contribution is 6.30. The number of aromatic nitrogens is 2. The van der Waals surface area contributed by atoms with Crippen LogP contribution in [0.4, 0.5) is 13.2 Å². The van der Waals surface area contributed by atoms with Crippen LogP contribution in [0.5, 0.6) is 0 Å². The highest BCUT2D eigenvalue weighted by Crippen LogP contribution is 2.39. The van der Waals surface area contributed by atoms with Gasteiger partial charge in [0.15, 0.2) is 0 Å². The number of para-hydroxylation sites is 1. The third kappa shape index (κ3) is 2.97. The zero-order chi connectivity index (χ0) is 16.6. The summed E-state index contributed by atoms with van der Waals surface area (Å²) in [6.07, 6.45) is -4.49. The van der Waals surface area contributed by atoms with Crippen LogP contribution in [0.2, 0.25) is 5.02 Å². The highest BCUT2D eigenvalue weighted by atomic mass is 35.5. The van der Waals surface area contributed by atoms with Crippen molar-refractivity contribution in [3.05, 3.63) is 70.9 Å². The minimum absolute atomic E-state index is 0.0497. The lowest BCUT2D eigenvalue weighted by molar-refractivity contribution is -0.137. The molecule has 0 aliphatic carbocycles. The third-order valence-corrected chi connectivity index (χ3v) is 3.77. The summed E-state index contributed by atoms with van der Waals surface area (Å²) in [6, 6.07) is 14.9. The van der Waals surface area contributed by atoms with E-state index in [9.17, 15) is 13.2 Å². The molecule has 3 rings (SSSR count). The average Bonchev–Trinajstić information content (AvgIpc) is 2.86. The first-order valence-electron chi connectivity index (χ1n) is 6.86. The molecule has 0 aliphatic heterocycles. The van der Waals surface area contributed by atoms with Gasteiger partial charge >= 0.3 is 6.18 Å². The van der Waals surface area contributed by atoms with Crippen LogP contribution in [0.25, 0.3) is 16.9 Å². The summed E-state index contributed by atoms with van der Waals surface area (Å²) in [4.78, 5) is 0. The number of alkyl halides is 3. The monoisotopic (exact) mass is 336 g/mol. The van der Waals surface area contributed by atoms with E-state index < -0.39 is 11.7 Å². The fourth-order valence-electron chi connectivity index (χ4n) is 2.47. The largest absolute Gasteiger partial charge is 0.420 e. The molecule has 0 aliphatic rings. The zero-order valence-electron chi connectivity index (χ0n) is 12.1. The van der Waals surface area contributed by atoms with Crippen molar-refractivity contribution in [1.82, 2.24) is 9.78 Å². The maximum absolute atomic E-state index is 13.5. The van der Waals surface area contributed by atoms with Crippen molar-refractivity contribution in [2.75, 3.05) is 0 Å². The molecule has 6 heteroatoms. The molecule has 0 atom stereocenters. The maximum Gasteiger partial charge on any atom is 0.420 e. The van der Waals surface area contributed by atoms with E-state index >= 15 is 0 Å². The van der Waals surface area contributed by atoms with Crippen molar-refractivity contribution >= 4 is 11.6 Å². The van der Waals surface area contributed by atoms with Crippen LogP contribution in [-0.4, -0.2) is 9.78 Å². The van der Waals surface area contributed by atoms with Crippen molar-refractivity contribution < 1.29 is 13.2 Å². The first kappa shape index (κ1) is 15.6. The van der Waals surface area contributed by atoms with Gasteiger partial charge in [-0.3, -0.25) is 0 Å². The number of rotatable bonds is 2. The van der Waals surface area contributed by atoms with Gasteiger partial charge in [0.2, 0.25) is 0 Å². The van der Waals surface area contributed by atoms with Crippen molar-refractivity contribution in [2.45, 2.75) is 13.1 Å². The normalized spacial score (nSPS) is 11.7. The van der Waals surface area contributed by atoms with Crippen LogP contribution >= 0.6 is 11.6 Å². The zero-order valence-corrected chi connectivity index (χ0v) is 12.9. The minimum Gasteiger partial charge on any atom is -0.237 e. The first-order chi connectivity index (χ1) is 10.9. The van der Waals surface area contributed by atoms with E-state index in [1.165, 1.54) is 23.7 Å². The fourth-order valence-corrected chi connectivity index (χ4v) is 2.60. The Morgan fingerprint density at radius 2 is 1.57 bits per heavy atom. The minimum atomic E-state index is -4.49. The topological polar surface area (TPSA) is 17.8 Å². The Bertz CT molecular complexity index is 822. The molecule has 0 bridgehead atoms. The molecule has 1 aromatic heterocycles. The second-order valence-corrected chi connectivity index (χ2v) is 5.50. The lowest BCUT2D eigenvalue weighted by Crippen LogP contribution is -2.08. The molecule has 0 unspecified atom stereocenters. The molecule has 2 aromatic carbocycles. The number of nitrogens with zero attached hydrogens (tertiary/aromatic N) is 2. The highest BCUT2D eigenvalue weighted by Gasteiger charge is 2.39. The second-order valence-electron chi connectivity index (χ2n) is 5.06. The molecule has 0 radical (unpaired) electrons. The molecular weight excluding hydrogens is 325 g/mol. The molecule has 1 heterocycles. The van der Waals surface area contributed by atoms with Gasteiger partial charge in [-0.05, 0) is 31.2 Å². The SMILES string of the molecule is Cc1c(C(F)(F)F)c(-c2ccc(Cl)cc2)nn1-c1ccccc1. The fraction of sp³-hybridized carbons (Fsp3) is 0.118. The molecule has 0 saturated heterocycles. The van der Waals surface area contributed by atoms with Crippen molar-refractivity contribution in [3.8, 4) is 16.9 Å². The molecule has 0 fully saturated rings. The first-order valence-corrected chi connectivity index (χ1v) is 7.24. The summed E-state index contributed by atoms with van der Waals surface area (Å²) < 4.78 is 41.9. The van der Waals surface area contributed by atoms with Crippen LogP contribution in [0.3, 0.4) is 0 Å².